The van der Waals surface area contributed by atoms with Crippen LogP contribution in [0.15, 0.2) is 42.6 Å². The van der Waals surface area contributed by atoms with Gasteiger partial charge in [0.2, 0.25) is 0 Å². The zero-order valence-electron chi connectivity index (χ0n) is 16.1. The molecule has 6 nitrogen and oxygen atoms in total. The summed E-state index contributed by atoms with van der Waals surface area (Å²) in [5.74, 6) is 1.78. The van der Waals surface area contributed by atoms with Gasteiger partial charge in [0.05, 0.1) is 6.10 Å². The van der Waals surface area contributed by atoms with Crippen LogP contribution in [-0.2, 0) is 13.1 Å². The molecule has 27 heavy (non-hydrogen) atoms. The van der Waals surface area contributed by atoms with Gasteiger partial charge in [0, 0.05) is 33.4 Å². The number of carbonyl (C=O) groups is 1. The molecule has 1 fully saturated rings. The molecule has 6 heteroatoms. The molecule has 0 unspecified atom stereocenters. The van der Waals surface area contributed by atoms with Crippen molar-refractivity contribution >= 4 is 11.8 Å². The topological polar surface area (TPSA) is 66.5 Å². The largest absolute Gasteiger partial charge is 0.490 e. The molecular formula is C21H28N4O2. The first-order chi connectivity index (χ1) is 13.1. The fourth-order valence-electron chi connectivity index (χ4n) is 3.13. The van der Waals surface area contributed by atoms with E-state index in [-0.39, 0.29) is 6.03 Å². The molecule has 0 spiro atoms. The Balaban J connectivity index is 1.41. The summed E-state index contributed by atoms with van der Waals surface area (Å²) in [6, 6.07) is 11.6. The van der Waals surface area contributed by atoms with Crippen molar-refractivity contribution in [3.8, 4) is 5.75 Å². The minimum atomic E-state index is -0.190. The van der Waals surface area contributed by atoms with Crippen LogP contribution in [0.4, 0.5) is 10.6 Å². The molecular weight excluding hydrogens is 340 g/mol. The van der Waals surface area contributed by atoms with Crippen molar-refractivity contribution in [1.82, 2.24) is 15.6 Å². The zero-order valence-corrected chi connectivity index (χ0v) is 16.1. The standard InChI is InChI=1S/C21H28N4O2/c1-25(2)20-13-17(11-12-22-20)15-24-21(26)23-14-16-7-9-19(10-8-16)27-18-5-3-4-6-18/h7-13,18H,3-6,14-15H2,1-2H3,(H2,23,24,26). The van der Waals surface area contributed by atoms with E-state index in [2.05, 4.69) is 15.6 Å². The first-order valence-corrected chi connectivity index (χ1v) is 9.50. The molecule has 0 bridgehead atoms. The molecule has 2 amide bonds. The molecule has 1 heterocycles. The Morgan fingerprint density at radius 3 is 2.41 bits per heavy atom. The number of pyridine rings is 1. The number of nitrogens with zero attached hydrogens (tertiary/aromatic N) is 2. The van der Waals surface area contributed by atoms with Crippen LogP contribution in [0.1, 0.15) is 36.8 Å². The molecule has 144 valence electrons. The van der Waals surface area contributed by atoms with Gasteiger partial charge in [-0.25, -0.2) is 9.78 Å². The first-order valence-electron chi connectivity index (χ1n) is 9.50. The molecule has 1 saturated carbocycles. The Labute approximate surface area is 160 Å². The van der Waals surface area contributed by atoms with Gasteiger partial charge in [-0.2, -0.15) is 0 Å². The van der Waals surface area contributed by atoms with Crippen molar-refractivity contribution in [2.75, 3.05) is 19.0 Å². The van der Waals surface area contributed by atoms with E-state index in [0.717, 1.165) is 35.5 Å². The number of urea groups is 1. The number of hydrogen-bond donors (Lipinski definition) is 2. The molecule has 0 radical (unpaired) electrons. The third-order valence-corrected chi connectivity index (χ3v) is 4.70. The molecule has 2 aromatic rings. The van der Waals surface area contributed by atoms with Gasteiger partial charge in [-0.1, -0.05) is 12.1 Å². The van der Waals surface area contributed by atoms with Crippen LogP contribution in [0, 0.1) is 0 Å². The third-order valence-electron chi connectivity index (χ3n) is 4.70. The Bertz CT molecular complexity index is 740. The molecule has 0 atom stereocenters. The second-order valence-electron chi connectivity index (χ2n) is 7.12. The normalized spacial score (nSPS) is 14.0. The fraction of sp³-hybridized carbons (Fsp3) is 0.429. The number of hydrogen-bond acceptors (Lipinski definition) is 4. The van der Waals surface area contributed by atoms with Gasteiger partial charge >= 0.3 is 6.03 Å². The third kappa shape index (κ3) is 5.88. The van der Waals surface area contributed by atoms with E-state index >= 15 is 0 Å². The Kier molecular flexibility index (Phi) is 6.52. The molecule has 0 aliphatic heterocycles. The van der Waals surface area contributed by atoms with E-state index in [1.165, 1.54) is 12.8 Å². The van der Waals surface area contributed by atoms with Crippen LogP contribution < -0.4 is 20.3 Å². The number of amides is 2. The molecule has 3 rings (SSSR count). The molecule has 1 aromatic carbocycles. The van der Waals surface area contributed by atoms with Crippen molar-refractivity contribution in [1.29, 1.82) is 0 Å². The maximum Gasteiger partial charge on any atom is 0.315 e. The lowest BCUT2D eigenvalue weighted by Crippen LogP contribution is -2.34. The van der Waals surface area contributed by atoms with Crippen molar-refractivity contribution in [2.45, 2.75) is 44.9 Å². The van der Waals surface area contributed by atoms with Crippen molar-refractivity contribution in [3.05, 3.63) is 53.7 Å². The first kappa shape index (κ1) is 19.0. The number of benzene rings is 1. The molecule has 1 aromatic heterocycles. The van der Waals surface area contributed by atoms with E-state index in [0.29, 0.717) is 19.2 Å². The monoisotopic (exact) mass is 368 g/mol. The number of carbonyl (C=O) groups excluding carboxylic acids is 1. The van der Waals surface area contributed by atoms with Gasteiger partial charge in [0.1, 0.15) is 11.6 Å². The lowest BCUT2D eigenvalue weighted by atomic mass is 10.2. The van der Waals surface area contributed by atoms with Crippen LogP contribution in [0.5, 0.6) is 5.75 Å². The van der Waals surface area contributed by atoms with Gasteiger partial charge in [-0.3, -0.25) is 0 Å². The van der Waals surface area contributed by atoms with E-state index in [4.69, 9.17) is 4.74 Å². The summed E-state index contributed by atoms with van der Waals surface area (Å²) in [4.78, 5) is 18.2. The lowest BCUT2D eigenvalue weighted by Gasteiger charge is -2.14. The fourth-order valence-corrected chi connectivity index (χ4v) is 3.13. The van der Waals surface area contributed by atoms with Crippen molar-refractivity contribution < 1.29 is 9.53 Å². The Hall–Kier alpha value is -2.76. The van der Waals surface area contributed by atoms with E-state index in [9.17, 15) is 4.79 Å². The van der Waals surface area contributed by atoms with E-state index < -0.39 is 0 Å². The highest BCUT2D eigenvalue weighted by Crippen LogP contribution is 2.24. The molecule has 0 saturated heterocycles. The minimum Gasteiger partial charge on any atom is -0.490 e. The quantitative estimate of drug-likeness (QED) is 0.785. The predicted octanol–water partition coefficient (Wildman–Crippen LogP) is 3.47. The van der Waals surface area contributed by atoms with Crippen LogP contribution in [-0.4, -0.2) is 31.2 Å². The number of nitrogens with one attached hydrogen (secondary N) is 2. The van der Waals surface area contributed by atoms with Gasteiger partial charge < -0.3 is 20.3 Å². The van der Waals surface area contributed by atoms with E-state index in [1.54, 1.807) is 6.20 Å². The lowest BCUT2D eigenvalue weighted by molar-refractivity contribution is 0.210. The Morgan fingerprint density at radius 2 is 1.74 bits per heavy atom. The minimum absolute atomic E-state index is 0.190. The van der Waals surface area contributed by atoms with Gasteiger partial charge in [0.25, 0.3) is 0 Å². The molecule has 1 aliphatic rings. The van der Waals surface area contributed by atoms with Crippen LogP contribution in [0.3, 0.4) is 0 Å². The summed E-state index contributed by atoms with van der Waals surface area (Å²) < 4.78 is 5.96. The second-order valence-corrected chi connectivity index (χ2v) is 7.12. The molecule has 1 aliphatic carbocycles. The highest BCUT2D eigenvalue weighted by Gasteiger charge is 2.16. The summed E-state index contributed by atoms with van der Waals surface area (Å²) >= 11 is 0. The average molecular weight is 368 g/mol. The van der Waals surface area contributed by atoms with Crippen molar-refractivity contribution in [3.63, 3.8) is 0 Å². The van der Waals surface area contributed by atoms with Crippen LogP contribution in [0.2, 0.25) is 0 Å². The van der Waals surface area contributed by atoms with Gasteiger partial charge in [-0.15, -0.1) is 0 Å². The number of anilines is 1. The van der Waals surface area contributed by atoms with Crippen LogP contribution >= 0.6 is 0 Å². The number of aromatic nitrogens is 1. The highest BCUT2D eigenvalue weighted by atomic mass is 16.5. The SMILES string of the molecule is CN(C)c1cc(CNC(=O)NCc2ccc(OC3CCCC3)cc2)ccn1. The summed E-state index contributed by atoms with van der Waals surface area (Å²) in [5, 5.41) is 5.76. The predicted molar refractivity (Wildman–Crippen MR) is 107 cm³/mol. The van der Waals surface area contributed by atoms with Crippen LogP contribution in [0.25, 0.3) is 0 Å². The maximum atomic E-state index is 12.0. The average Bonchev–Trinajstić information content (AvgIpc) is 3.19. The summed E-state index contributed by atoms with van der Waals surface area (Å²) in [5.41, 5.74) is 2.06. The van der Waals surface area contributed by atoms with Gasteiger partial charge in [0.15, 0.2) is 0 Å². The van der Waals surface area contributed by atoms with Crippen molar-refractivity contribution in [2.24, 2.45) is 0 Å². The molecule has 2 N–H and O–H groups in total. The maximum absolute atomic E-state index is 12.0. The van der Waals surface area contributed by atoms with E-state index in [1.807, 2.05) is 55.4 Å². The highest BCUT2D eigenvalue weighted by molar-refractivity contribution is 5.73. The second kappa shape index (κ2) is 9.26. The number of rotatable bonds is 7. The Morgan fingerprint density at radius 1 is 1.07 bits per heavy atom. The summed E-state index contributed by atoms with van der Waals surface area (Å²) in [6.07, 6.45) is 6.93. The summed E-state index contributed by atoms with van der Waals surface area (Å²) in [6.45, 7) is 0.943. The summed E-state index contributed by atoms with van der Waals surface area (Å²) in [7, 11) is 3.88. The van der Waals surface area contributed by atoms with Gasteiger partial charge in [-0.05, 0) is 61.1 Å². The zero-order chi connectivity index (χ0) is 19.1. The smallest absolute Gasteiger partial charge is 0.315 e. The number of ether oxygens (including phenoxy) is 1.